The van der Waals surface area contributed by atoms with Crippen LogP contribution < -0.4 is 11.1 Å². The first kappa shape index (κ1) is 14.3. The van der Waals surface area contributed by atoms with Gasteiger partial charge in [-0.2, -0.15) is 0 Å². The molecule has 1 atom stereocenters. The molecule has 1 saturated carbocycles. The second-order valence-electron chi connectivity index (χ2n) is 5.13. The summed E-state index contributed by atoms with van der Waals surface area (Å²) in [7, 11) is 0. The molecule has 1 aromatic heterocycles. The van der Waals surface area contributed by atoms with Crippen LogP contribution in [0.3, 0.4) is 0 Å². The zero-order chi connectivity index (χ0) is 14.0. The molecule has 19 heavy (non-hydrogen) atoms. The van der Waals surface area contributed by atoms with Crippen LogP contribution in [0.25, 0.3) is 0 Å². The Balaban J connectivity index is 2.06. The normalized spacial score (nSPS) is 16.7. The fourth-order valence-corrected chi connectivity index (χ4v) is 2.79. The number of nitrogens with one attached hydrogen (secondary N) is 1. The third-order valence-electron chi connectivity index (χ3n) is 2.91. The zero-order valence-corrected chi connectivity index (χ0v) is 12.4. The highest BCUT2D eigenvalue weighted by Gasteiger charge is 2.30. The molecule has 0 aromatic carbocycles. The second kappa shape index (κ2) is 5.92. The van der Waals surface area contributed by atoms with Crippen LogP contribution in [-0.2, 0) is 11.3 Å². The largest absolute Gasteiger partial charge is 0.353 e. The van der Waals surface area contributed by atoms with Crippen molar-refractivity contribution in [1.82, 2.24) is 20.1 Å². The van der Waals surface area contributed by atoms with E-state index >= 15 is 0 Å². The zero-order valence-electron chi connectivity index (χ0n) is 11.6. The summed E-state index contributed by atoms with van der Waals surface area (Å²) in [5.41, 5.74) is 5.67. The van der Waals surface area contributed by atoms with E-state index in [-0.39, 0.29) is 17.2 Å². The lowest BCUT2D eigenvalue weighted by atomic mass is 10.3. The quantitative estimate of drug-likeness (QED) is 0.763. The van der Waals surface area contributed by atoms with Crippen molar-refractivity contribution in [2.24, 2.45) is 5.73 Å². The van der Waals surface area contributed by atoms with Crippen molar-refractivity contribution in [3.05, 3.63) is 5.82 Å². The monoisotopic (exact) mass is 283 g/mol. The van der Waals surface area contributed by atoms with E-state index < -0.39 is 0 Å². The predicted octanol–water partition coefficient (Wildman–Crippen LogP) is 1.08. The van der Waals surface area contributed by atoms with E-state index in [9.17, 15) is 4.79 Å². The van der Waals surface area contributed by atoms with Crippen LogP contribution in [0.5, 0.6) is 0 Å². The molecule has 1 unspecified atom stereocenters. The minimum Gasteiger partial charge on any atom is -0.353 e. The van der Waals surface area contributed by atoms with Gasteiger partial charge in [0.15, 0.2) is 5.16 Å². The third kappa shape index (κ3) is 3.48. The smallest absolute Gasteiger partial charge is 0.233 e. The summed E-state index contributed by atoms with van der Waals surface area (Å²) in [6, 6.07) is 0.618. The number of rotatable bonds is 6. The molecule has 1 aliphatic carbocycles. The molecule has 106 valence electrons. The second-order valence-corrected chi connectivity index (χ2v) is 6.44. The Morgan fingerprint density at radius 2 is 2.16 bits per heavy atom. The van der Waals surface area contributed by atoms with Gasteiger partial charge >= 0.3 is 0 Å². The maximum absolute atomic E-state index is 11.9. The molecule has 7 heteroatoms. The molecule has 0 radical (unpaired) electrons. The van der Waals surface area contributed by atoms with Gasteiger partial charge in [-0.1, -0.05) is 11.8 Å². The first-order valence-corrected chi connectivity index (χ1v) is 7.51. The van der Waals surface area contributed by atoms with Gasteiger partial charge in [-0.3, -0.25) is 4.79 Å². The molecule has 1 amide bonds. The summed E-state index contributed by atoms with van der Waals surface area (Å²) in [6.45, 7) is 6.18. The molecular weight excluding hydrogens is 262 g/mol. The van der Waals surface area contributed by atoms with Crippen LogP contribution in [0.2, 0.25) is 0 Å². The number of nitrogens with zero attached hydrogens (tertiary/aromatic N) is 3. The minimum absolute atomic E-state index is 0.0274. The average molecular weight is 283 g/mol. The van der Waals surface area contributed by atoms with E-state index in [0.717, 1.165) is 23.8 Å². The Bertz CT molecular complexity index is 455. The van der Waals surface area contributed by atoms with Gasteiger partial charge in [0.1, 0.15) is 5.82 Å². The van der Waals surface area contributed by atoms with Gasteiger partial charge in [0.2, 0.25) is 5.91 Å². The van der Waals surface area contributed by atoms with E-state index in [0.29, 0.717) is 12.6 Å². The highest BCUT2D eigenvalue weighted by atomic mass is 32.2. The molecule has 1 heterocycles. The van der Waals surface area contributed by atoms with Gasteiger partial charge in [0.25, 0.3) is 0 Å². The molecular formula is C12H21N5OS. The summed E-state index contributed by atoms with van der Waals surface area (Å²) >= 11 is 1.45. The van der Waals surface area contributed by atoms with Crippen LogP contribution in [0.1, 0.15) is 45.5 Å². The van der Waals surface area contributed by atoms with Crippen LogP contribution in [0, 0.1) is 0 Å². The van der Waals surface area contributed by atoms with Crippen LogP contribution in [-0.4, -0.2) is 32.0 Å². The van der Waals surface area contributed by atoms with E-state index in [4.69, 9.17) is 5.73 Å². The number of aromatic nitrogens is 3. The molecule has 1 aromatic rings. The summed E-state index contributed by atoms with van der Waals surface area (Å²) in [6.07, 6.45) is 2.29. The Morgan fingerprint density at radius 3 is 2.68 bits per heavy atom. The Kier molecular flexibility index (Phi) is 4.46. The van der Waals surface area contributed by atoms with Crippen molar-refractivity contribution in [3.63, 3.8) is 0 Å². The fourth-order valence-electron chi connectivity index (χ4n) is 1.84. The molecule has 0 bridgehead atoms. The number of thioether (sulfide) groups is 1. The first-order valence-electron chi connectivity index (χ1n) is 6.63. The molecule has 1 fully saturated rings. The molecule has 2 rings (SSSR count). The van der Waals surface area contributed by atoms with Crippen LogP contribution in [0.15, 0.2) is 5.16 Å². The predicted molar refractivity (Wildman–Crippen MR) is 74.8 cm³/mol. The van der Waals surface area contributed by atoms with Gasteiger partial charge in [-0.25, -0.2) is 0 Å². The molecule has 6 nitrogen and oxygen atoms in total. The Hall–Kier alpha value is -1.08. The molecule has 1 aliphatic rings. The van der Waals surface area contributed by atoms with E-state index in [1.54, 1.807) is 0 Å². The minimum atomic E-state index is -0.185. The SMILES string of the molecule is CC(C)NC(=O)C(C)Sc1nnc(CN)n1C1CC1. The van der Waals surface area contributed by atoms with Gasteiger partial charge in [0, 0.05) is 12.1 Å². The summed E-state index contributed by atoms with van der Waals surface area (Å²) in [4.78, 5) is 11.9. The average Bonchev–Trinajstić information content (AvgIpc) is 3.10. The van der Waals surface area contributed by atoms with Gasteiger partial charge < -0.3 is 15.6 Å². The lowest BCUT2D eigenvalue weighted by molar-refractivity contribution is -0.120. The van der Waals surface area contributed by atoms with E-state index in [2.05, 4.69) is 20.1 Å². The van der Waals surface area contributed by atoms with Crippen LogP contribution in [0.4, 0.5) is 0 Å². The van der Waals surface area contributed by atoms with Crippen LogP contribution >= 0.6 is 11.8 Å². The van der Waals surface area contributed by atoms with Gasteiger partial charge in [-0.05, 0) is 33.6 Å². The van der Waals surface area contributed by atoms with Crippen molar-refractivity contribution in [2.45, 2.75) is 62.6 Å². The topological polar surface area (TPSA) is 85.8 Å². The van der Waals surface area contributed by atoms with Crippen molar-refractivity contribution < 1.29 is 4.79 Å². The van der Waals surface area contributed by atoms with E-state index in [1.165, 1.54) is 11.8 Å². The molecule has 0 aliphatic heterocycles. The number of hydrogen-bond donors (Lipinski definition) is 2. The Labute approximate surface area is 117 Å². The van der Waals surface area contributed by atoms with Gasteiger partial charge in [0.05, 0.1) is 11.8 Å². The lowest BCUT2D eigenvalue weighted by Crippen LogP contribution is -2.36. The van der Waals surface area contributed by atoms with E-state index in [1.807, 2.05) is 20.8 Å². The third-order valence-corrected chi connectivity index (χ3v) is 3.97. The van der Waals surface area contributed by atoms with Crippen molar-refractivity contribution in [2.75, 3.05) is 0 Å². The number of nitrogens with two attached hydrogens (primary N) is 1. The number of hydrogen-bond acceptors (Lipinski definition) is 5. The van der Waals surface area contributed by atoms with Gasteiger partial charge in [-0.15, -0.1) is 10.2 Å². The van der Waals surface area contributed by atoms with Crippen molar-refractivity contribution in [3.8, 4) is 0 Å². The van der Waals surface area contributed by atoms with Crippen molar-refractivity contribution in [1.29, 1.82) is 0 Å². The number of amides is 1. The number of carbonyl (C=O) groups is 1. The summed E-state index contributed by atoms with van der Waals surface area (Å²) in [5, 5.41) is 11.8. The molecule has 0 spiro atoms. The maximum atomic E-state index is 11.9. The maximum Gasteiger partial charge on any atom is 0.233 e. The molecule has 0 saturated heterocycles. The summed E-state index contributed by atoms with van der Waals surface area (Å²) < 4.78 is 2.09. The van der Waals surface area contributed by atoms with Crippen molar-refractivity contribution >= 4 is 17.7 Å². The highest BCUT2D eigenvalue weighted by Crippen LogP contribution is 2.39. The number of carbonyl (C=O) groups excluding carboxylic acids is 1. The highest BCUT2D eigenvalue weighted by molar-refractivity contribution is 8.00. The first-order chi connectivity index (χ1) is 9.02. The standard InChI is InChI=1S/C12H21N5OS/c1-7(2)14-11(18)8(3)19-12-16-15-10(6-13)17(12)9-4-5-9/h7-9H,4-6,13H2,1-3H3,(H,14,18). The Morgan fingerprint density at radius 1 is 1.47 bits per heavy atom. The molecule has 3 N–H and O–H groups in total. The summed E-state index contributed by atoms with van der Waals surface area (Å²) in [5.74, 6) is 0.834. The lowest BCUT2D eigenvalue weighted by Gasteiger charge is -2.14. The fraction of sp³-hybridized carbons (Fsp3) is 0.750.